The van der Waals surface area contributed by atoms with Crippen LogP contribution >= 0.6 is 0 Å². The number of amides is 2. The number of hydrogen-bond donors (Lipinski definition) is 1. The molecule has 0 aromatic carbocycles. The van der Waals surface area contributed by atoms with Crippen LogP contribution in [0.5, 0.6) is 0 Å². The normalized spacial score (nSPS) is 21.8. The van der Waals surface area contributed by atoms with Crippen molar-refractivity contribution < 1.29 is 14.3 Å². The van der Waals surface area contributed by atoms with Gasteiger partial charge >= 0.3 is 0 Å². The van der Waals surface area contributed by atoms with E-state index >= 15 is 0 Å². The van der Waals surface area contributed by atoms with Crippen LogP contribution in [-0.2, 0) is 14.3 Å². The number of nitrogens with zero attached hydrogens (tertiary/aromatic N) is 1. The Bertz CT molecular complexity index is 365. The monoisotopic (exact) mass is 298 g/mol. The van der Waals surface area contributed by atoms with Gasteiger partial charge in [0.1, 0.15) is 11.6 Å². The van der Waals surface area contributed by atoms with Crippen LogP contribution in [0, 0.1) is 0 Å². The Hall–Kier alpha value is -1.10. The molecule has 5 heteroatoms. The van der Waals surface area contributed by atoms with Crippen molar-refractivity contribution in [2.45, 2.75) is 78.0 Å². The third kappa shape index (κ3) is 3.76. The third-order valence-electron chi connectivity index (χ3n) is 4.32. The molecule has 0 aliphatic carbocycles. The number of rotatable bonds is 8. The number of hydrogen-bond acceptors (Lipinski definition) is 3. The van der Waals surface area contributed by atoms with Crippen molar-refractivity contribution in [1.29, 1.82) is 0 Å². The summed E-state index contributed by atoms with van der Waals surface area (Å²) in [7, 11) is 0. The highest BCUT2D eigenvalue weighted by Gasteiger charge is 2.49. The number of carbonyl (C=O) groups is 2. The SMILES string of the molecule is CCCC1NC(=O)C(CC)(CC)N(CCOC(C)C)C1=O. The topological polar surface area (TPSA) is 58.6 Å². The number of piperazine rings is 1. The summed E-state index contributed by atoms with van der Waals surface area (Å²) in [6.45, 7) is 10.8. The highest BCUT2D eigenvalue weighted by Crippen LogP contribution is 2.29. The molecule has 0 aromatic heterocycles. The van der Waals surface area contributed by atoms with Gasteiger partial charge in [0.25, 0.3) is 0 Å². The fourth-order valence-corrected chi connectivity index (χ4v) is 3.02. The van der Waals surface area contributed by atoms with Gasteiger partial charge in [0, 0.05) is 6.54 Å². The van der Waals surface area contributed by atoms with Crippen LogP contribution in [0.2, 0.25) is 0 Å². The summed E-state index contributed by atoms with van der Waals surface area (Å²) < 4.78 is 5.58. The molecule has 2 amide bonds. The van der Waals surface area contributed by atoms with Crippen molar-refractivity contribution in [3.63, 3.8) is 0 Å². The molecule has 1 unspecified atom stereocenters. The Kier molecular flexibility index (Phi) is 6.65. The van der Waals surface area contributed by atoms with Gasteiger partial charge in [-0.15, -0.1) is 0 Å². The van der Waals surface area contributed by atoms with Crippen molar-refractivity contribution in [1.82, 2.24) is 10.2 Å². The molecule has 0 bridgehead atoms. The Morgan fingerprint density at radius 2 is 1.86 bits per heavy atom. The summed E-state index contributed by atoms with van der Waals surface area (Å²) in [5.74, 6) is 0.0163. The highest BCUT2D eigenvalue weighted by molar-refractivity contribution is 5.99. The van der Waals surface area contributed by atoms with Crippen molar-refractivity contribution >= 4 is 11.8 Å². The zero-order chi connectivity index (χ0) is 16.0. The van der Waals surface area contributed by atoms with Gasteiger partial charge < -0.3 is 15.0 Å². The van der Waals surface area contributed by atoms with Gasteiger partial charge in [-0.2, -0.15) is 0 Å². The summed E-state index contributed by atoms with van der Waals surface area (Å²) >= 11 is 0. The second kappa shape index (κ2) is 7.78. The zero-order valence-corrected chi connectivity index (χ0v) is 14.1. The van der Waals surface area contributed by atoms with Crippen molar-refractivity contribution in [3.05, 3.63) is 0 Å². The molecular weight excluding hydrogens is 268 g/mol. The predicted molar refractivity (Wildman–Crippen MR) is 83.0 cm³/mol. The maximum absolute atomic E-state index is 12.7. The van der Waals surface area contributed by atoms with E-state index in [-0.39, 0.29) is 24.0 Å². The van der Waals surface area contributed by atoms with Gasteiger partial charge in [-0.05, 0) is 33.1 Å². The summed E-state index contributed by atoms with van der Waals surface area (Å²) in [4.78, 5) is 27.1. The largest absolute Gasteiger partial charge is 0.377 e. The van der Waals surface area contributed by atoms with Crippen LogP contribution in [0.4, 0.5) is 0 Å². The highest BCUT2D eigenvalue weighted by atomic mass is 16.5. The van der Waals surface area contributed by atoms with E-state index in [1.165, 1.54) is 0 Å². The minimum Gasteiger partial charge on any atom is -0.377 e. The molecule has 1 rings (SSSR count). The number of carbonyl (C=O) groups excluding carboxylic acids is 2. The molecule has 1 aliphatic rings. The van der Waals surface area contributed by atoms with E-state index in [1.807, 2.05) is 34.6 Å². The molecule has 1 fully saturated rings. The first kappa shape index (κ1) is 18.0. The first-order valence-electron chi connectivity index (χ1n) is 8.16. The van der Waals surface area contributed by atoms with Crippen LogP contribution in [0.25, 0.3) is 0 Å². The lowest BCUT2D eigenvalue weighted by molar-refractivity contribution is -0.159. The zero-order valence-electron chi connectivity index (χ0n) is 14.1. The van der Waals surface area contributed by atoms with Gasteiger partial charge in [0.2, 0.25) is 11.8 Å². The summed E-state index contributed by atoms with van der Waals surface area (Å²) in [5.41, 5.74) is -0.721. The molecule has 0 saturated carbocycles. The fourth-order valence-electron chi connectivity index (χ4n) is 3.02. The average molecular weight is 298 g/mol. The molecule has 1 aliphatic heterocycles. The molecule has 122 valence electrons. The van der Waals surface area contributed by atoms with E-state index in [1.54, 1.807) is 4.90 Å². The van der Waals surface area contributed by atoms with Crippen LogP contribution < -0.4 is 5.32 Å². The van der Waals surface area contributed by atoms with E-state index in [4.69, 9.17) is 4.74 Å². The first-order chi connectivity index (χ1) is 9.92. The first-order valence-corrected chi connectivity index (χ1v) is 8.16. The van der Waals surface area contributed by atoms with Gasteiger partial charge in [0.15, 0.2) is 0 Å². The molecule has 1 saturated heterocycles. The second-order valence-electron chi connectivity index (χ2n) is 5.96. The van der Waals surface area contributed by atoms with Crippen molar-refractivity contribution in [2.75, 3.05) is 13.2 Å². The second-order valence-corrected chi connectivity index (χ2v) is 5.96. The van der Waals surface area contributed by atoms with Gasteiger partial charge in [-0.25, -0.2) is 0 Å². The van der Waals surface area contributed by atoms with E-state index in [0.29, 0.717) is 32.4 Å². The standard InChI is InChI=1S/C16H30N2O3/c1-6-9-13-14(19)18(10-11-21-12(4)5)16(7-2,8-3)15(20)17-13/h12-13H,6-11H2,1-5H3,(H,17,20). The summed E-state index contributed by atoms with van der Waals surface area (Å²) in [6.07, 6.45) is 2.94. The lowest BCUT2D eigenvalue weighted by Crippen LogP contribution is -2.70. The molecule has 0 radical (unpaired) electrons. The minimum atomic E-state index is -0.721. The number of nitrogens with one attached hydrogen (secondary N) is 1. The Balaban J connectivity index is 2.95. The molecule has 0 spiro atoms. The molecule has 1 heterocycles. The maximum Gasteiger partial charge on any atom is 0.246 e. The lowest BCUT2D eigenvalue weighted by Gasteiger charge is -2.47. The van der Waals surface area contributed by atoms with Crippen LogP contribution in [0.1, 0.15) is 60.3 Å². The van der Waals surface area contributed by atoms with E-state index in [0.717, 1.165) is 6.42 Å². The average Bonchev–Trinajstić information content (AvgIpc) is 2.44. The Labute approximate surface area is 128 Å². The van der Waals surface area contributed by atoms with Crippen molar-refractivity contribution in [2.24, 2.45) is 0 Å². The van der Waals surface area contributed by atoms with Crippen LogP contribution in [-0.4, -0.2) is 47.6 Å². The van der Waals surface area contributed by atoms with Crippen LogP contribution in [0.3, 0.4) is 0 Å². The minimum absolute atomic E-state index is 0.0184. The van der Waals surface area contributed by atoms with Crippen molar-refractivity contribution in [3.8, 4) is 0 Å². The number of ether oxygens (including phenoxy) is 1. The third-order valence-corrected chi connectivity index (χ3v) is 4.32. The van der Waals surface area contributed by atoms with E-state index in [9.17, 15) is 9.59 Å². The summed E-state index contributed by atoms with van der Waals surface area (Å²) in [6, 6.07) is -0.382. The maximum atomic E-state index is 12.7. The lowest BCUT2D eigenvalue weighted by atomic mass is 9.85. The van der Waals surface area contributed by atoms with Gasteiger partial charge in [-0.3, -0.25) is 9.59 Å². The van der Waals surface area contributed by atoms with Gasteiger partial charge in [-0.1, -0.05) is 27.2 Å². The summed E-state index contributed by atoms with van der Waals surface area (Å²) in [5, 5.41) is 2.92. The Morgan fingerprint density at radius 1 is 1.24 bits per heavy atom. The molecule has 1 atom stereocenters. The molecule has 21 heavy (non-hydrogen) atoms. The fraction of sp³-hybridized carbons (Fsp3) is 0.875. The quantitative estimate of drug-likeness (QED) is 0.746. The predicted octanol–water partition coefficient (Wildman–Crippen LogP) is 2.10. The molecule has 1 N–H and O–H groups in total. The molecule has 0 aromatic rings. The molecular formula is C16H30N2O3. The smallest absolute Gasteiger partial charge is 0.246 e. The van der Waals surface area contributed by atoms with Gasteiger partial charge in [0.05, 0.1) is 12.7 Å². The van der Waals surface area contributed by atoms with E-state index < -0.39 is 5.54 Å². The molecule has 5 nitrogen and oxygen atoms in total. The Morgan fingerprint density at radius 3 is 2.33 bits per heavy atom. The van der Waals surface area contributed by atoms with Crippen LogP contribution in [0.15, 0.2) is 0 Å². The van der Waals surface area contributed by atoms with E-state index in [2.05, 4.69) is 5.32 Å².